The van der Waals surface area contributed by atoms with Crippen LogP contribution in [0.1, 0.15) is 18.9 Å². The van der Waals surface area contributed by atoms with Crippen LogP contribution in [0.2, 0.25) is 0 Å². The van der Waals surface area contributed by atoms with E-state index in [4.69, 9.17) is 4.74 Å². The molecular weight excluding hydrogens is 295 g/mol. The zero-order chi connectivity index (χ0) is 15.5. The SMILES string of the molecule is CCC1CN(S(=O)(=O)c2cc(F)ccc2CNC)CCO1. The molecule has 1 aromatic rings. The van der Waals surface area contributed by atoms with Crippen LogP contribution in [0.25, 0.3) is 0 Å². The van der Waals surface area contributed by atoms with Crippen molar-refractivity contribution in [3.8, 4) is 0 Å². The van der Waals surface area contributed by atoms with E-state index in [1.807, 2.05) is 6.92 Å². The molecule has 1 saturated heterocycles. The summed E-state index contributed by atoms with van der Waals surface area (Å²) in [5.74, 6) is -0.547. The van der Waals surface area contributed by atoms with E-state index in [1.54, 1.807) is 7.05 Å². The van der Waals surface area contributed by atoms with E-state index in [9.17, 15) is 12.8 Å². The van der Waals surface area contributed by atoms with Crippen molar-refractivity contribution >= 4 is 10.0 Å². The van der Waals surface area contributed by atoms with Crippen LogP contribution in [-0.2, 0) is 21.3 Å². The first-order valence-electron chi connectivity index (χ1n) is 7.03. The molecule has 0 amide bonds. The average Bonchev–Trinajstić information content (AvgIpc) is 2.49. The summed E-state index contributed by atoms with van der Waals surface area (Å²) in [5, 5.41) is 2.91. The molecule has 1 N–H and O–H groups in total. The second kappa shape index (κ2) is 6.83. The topological polar surface area (TPSA) is 58.6 Å². The minimum absolute atomic E-state index is 0.0357. The van der Waals surface area contributed by atoms with Gasteiger partial charge in [0.15, 0.2) is 0 Å². The molecule has 0 bridgehead atoms. The van der Waals surface area contributed by atoms with Crippen LogP contribution in [0.5, 0.6) is 0 Å². The fraction of sp³-hybridized carbons (Fsp3) is 0.571. The first-order chi connectivity index (χ1) is 9.98. The lowest BCUT2D eigenvalue weighted by atomic mass is 10.2. The number of halogens is 1. The van der Waals surface area contributed by atoms with Crippen molar-refractivity contribution in [3.05, 3.63) is 29.6 Å². The van der Waals surface area contributed by atoms with Gasteiger partial charge in [0.25, 0.3) is 0 Å². The van der Waals surface area contributed by atoms with Crippen LogP contribution < -0.4 is 5.32 Å². The molecule has 0 aliphatic carbocycles. The van der Waals surface area contributed by atoms with Crippen molar-refractivity contribution in [1.82, 2.24) is 9.62 Å². The van der Waals surface area contributed by atoms with Gasteiger partial charge < -0.3 is 10.1 Å². The lowest BCUT2D eigenvalue weighted by Crippen LogP contribution is -2.45. The molecule has 21 heavy (non-hydrogen) atoms. The quantitative estimate of drug-likeness (QED) is 0.891. The Hall–Kier alpha value is -1.02. The zero-order valence-corrected chi connectivity index (χ0v) is 13.1. The van der Waals surface area contributed by atoms with Crippen molar-refractivity contribution in [3.63, 3.8) is 0 Å². The predicted molar refractivity (Wildman–Crippen MR) is 78.0 cm³/mol. The number of hydrogen-bond acceptors (Lipinski definition) is 4. The number of nitrogens with zero attached hydrogens (tertiary/aromatic N) is 1. The van der Waals surface area contributed by atoms with Crippen LogP contribution in [0, 0.1) is 5.82 Å². The van der Waals surface area contributed by atoms with Gasteiger partial charge in [0.1, 0.15) is 5.82 Å². The van der Waals surface area contributed by atoms with Gasteiger partial charge in [0, 0.05) is 19.6 Å². The van der Waals surface area contributed by atoms with E-state index in [0.717, 1.165) is 12.5 Å². The summed E-state index contributed by atoms with van der Waals surface area (Å²) in [4.78, 5) is 0.0357. The monoisotopic (exact) mass is 316 g/mol. The van der Waals surface area contributed by atoms with Gasteiger partial charge in [-0.05, 0) is 31.2 Å². The second-order valence-electron chi connectivity index (χ2n) is 5.05. The smallest absolute Gasteiger partial charge is 0.243 e. The number of benzene rings is 1. The van der Waals surface area contributed by atoms with Crippen molar-refractivity contribution in [2.75, 3.05) is 26.7 Å². The van der Waals surface area contributed by atoms with Gasteiger partial charge in [0.2, 0.25) is 10.0 Å². The average molecular weight is 316 g/mol. The maximum Gasteiger partial charge on any atom is 0.243 e. The lowest BCUT2D eigenvalue weighted by molar-refractivity contribution is -0.00279. The molecular formula is C14H21FN2O3S. The summed E-state index contributed by atoms with van der Waals surface area (Å²) in [6.07, 6.45) is 0.647. The minimum atomic E-state index is -3.71. The van der Waals surface area contributed by atoms with Crippen LogP contribution in [-0.4, -0.2) is 45.6 Å². The highest BCUT2D eigenvalue weighted by Gasteiger charge is 2.31. The predicted octanol–water partition coefficient (Wildman–Crippen LogP) is 1.34. The summed E-state index contributed by atoms with van der Waals surface area (Å²) in [6, 6.07) is 3.88. The van der Waals surface area contributed by atoms with E-state index in [0.29, 0.717) is 31.8 Å². The number of ether oxygens (including phenoxy) is 1. The Morgan fingerprint density at radius 2 is 2.24 bits per heavy atom. The van der Waals surface area contributed by atoms with Crippen LogP contribution in [0.3, 0.4) is 0 Å². The van der Waals surface area contributed by atoms with E-state index >= 15 is 0 Å². The molecule has 1 aliphatic heterocycles. The van der Waals surface area contributed by atoms with E-state index in [1.165, 1.54) is 16.4 Å². The Morgan fingerprint density at radius 1 is 1.48 bits per heavy atom. The van der Waals surface area contributed by atoms with Gasteiger partial charge in [-0.3, -0.25) is 0 Å². The summed E-state index contributed by atoms with van der Waals surface area (Å²) in [6.45, 7) is 3.31. The summed E-state index contributed by atoms with van der Waals surface area (Å²) >= 11 is 0. The molecule has 1 aliphatic rings. The van der Waals surface area contributed by atoms with Crippen LogP contribution >= 0.6 is 0 Å². The molecule has 0 saturated carbocycles. The van der Waals surface area contributed by atoms with Crippen molar-refractivity contribution < 1.29 is 17.5 Å². The van der Waals surface area contributed by atoms with E-state index in [2.05, 4.69) is 5.32 Å². The molecule has 1 unspecified atom stereocenters. The summed E-state index contributed by atoms with van der Waals surface area (Å²) in [7, 11) is -1.98. The molecule has 118 valence electrons. The highest BCUT2D eigenvalue weighted by Crippen LogP contribution is 2.24. The molecule has 1 fully saturated rings. The summed E-state index contributed by atoms with van der Waals surface area (Å²) in [5.41, 5.74) is 0.568. The number of nitrogens with one attached hydrogen (secondary N) is 1. The lowest BCUT2D eigenvalue weighted by Gasteiger charge is -2.32. The van der Waals surface area contributed by atoms with Gasteiger partial charge in [-0.25, -0.2) is 12.8 Å². The van der Waals surface area contributed by atoms with Crippen molar-refractivity contribution in [2.45, 2.75) is 30.9 Å². The third-order valence-electron chi connectivity index (χ3n) is 3.57. The van der Waals surface area contributed by atoms with Crippen molar-refractivity contribution in [1.29, 1.82) is 0 Å². The Kier molecular flexibility index (Phi) is 5.32. The molecule has 0 aromatic heterocycles. The van der Waals surface area contributed by atoms with Gasteiger partial charge in [-0.1, -0.05) is 13.0 Å². The largest absolute Gasteiger partial charge is 0.375 e. The highest BCUT2D eigenvalue weighted by atomic mass is 32.2. The summed E-state index contributed by atoms with van der Waals surface area (Å²) < 4.78 is 45.9. The van der Waals surface area contributed by atoms with Gasteiger partial charge in [-0.15, -0.1) is 0 Å². The minimum Gasteiger partial charge on any atom is -0.375 e. The Bertz CT molecular complexity index is 592. The molecule has 1 atom stereocenters. The maximum absolute atomic E-state index is 13.5. The van der Waals surface area contributed by atoms with E-state index in [-0.39, 0.29) is 11.0 Å². The normalized spacial score (nSPS) is 20.6. The van der Waals surface area contributed by atoms with Crippen molar-refractivity contribution in [2.24, 2.45) is 0 Å². The third-order valence-corrected chi connectivity index (χ3v) is 5.52. The van der Waals surface area contributed by atoms with Gasteiger partial charge in [-0.2, -0.15) is 4.31 Å². The highest BCUT2D eigenvalue weighted by molar-refractivity contribution is 7.89. The Balaban J connectivity index is 2.36. The van der Waals surface area contributed by atoms with Gasteiger partial charge in [0.05, 0.1) is 17.6 Å². The number of morpholine rings is 1. The fourth-order valence-electron chi connectivity index (χ4n) is 2.40. The molecule has 0 radical (unpaired) electrons. The number of hydrogen-bond donors (Lipinski definition) is 1. The molecule has 1 heterocycles. The fourth-order valence-corrected chi connectivity index (χ4v) is 4.09. The number of rotatable bonds is 5. The van der Waals surface area contributed by atoms with Crippen LogP contribution in [0.15, 0.2) is 23.1 Å². The van der Waals surface area contributed by atoms with Gasteiger partial charge >= 0.3 is 0 Å². The molecule has 7 heteroatoms. The standard InChI is InChI=1S/C14H21FN2O3S/c1-3-13-10-17(6-7-20-13)21(18,19)14-8-12(15)5-4-11(14)9-16-2/h4-5,8,13,16H,3,6-7,9-10H2,1-2H3. The third kappa shape index (κ3) is 3.60. The van der Waals surface area contributed by atoms with E-state index < -0.39 is 15.8 Å². The maximum atomic E-state index is 13.5. The zero-order valence-electron chi connectivity index (χ0n) is 12.3. The van der Waals surface area contributed by atoms with Crippen LogP contribution in [0.4, 0.5) is 4.39 Å². The first kappa shape index (κ1) is 16.4. The second-order valence-corrected chi connectivity index (χ2v) is 6.95. The Labute approximate surface area is 125 Å². The molecule has 0 spiro atoms. The molecule has 1 aromatic carbocycles. The molecule has 5 nitrogen and oxygen atoms in total. The Morgan fingerprint density at radius 3 is 2.90 bits per heavy atom. The molecule has 2 rings (SSSR count). The number of sulfonamides is 1. The first-order valence-corrected chi connectivity index (χ1v) is 8.47.